The molecule has 0 radical (unpaired) electrons. The van der Waals surface area contributed by atoms with Gasteiger partial charge in [-0.1, -0.05) is 38.1 Å². The molecule has 1 aliphatic heterocycles. The van der Waals surface area contributed by atoms with Gasteiger partial charge in [0.15, 0.2) is 5.76 Å². The molecule has 2 aromatic heterocycles. The van der Waals surface area contributed by atoms with E-state index in [1.165, 1.54) is 4.88 Å². The first-order chi connectivity index (χ1) is 19.7. The molecule has 3 saturated carbocycles. The third-order valence-corrected chi connectivity index (χ3v) is 13.8. The number of ether oxygens (including phenoxy) is 1. The third-order valence-electron chi connectivity index (χ3n) is 12.9. The number of ketones is 1. The summed E-state index contributed by atoms with van der Waals surface area (Å²) in [6, 6.07) is 7.74. The van der Waals surface area contributed by atoms with Gasteiger partial charge >= 0.3 is 6.09 Å². The number of thiophene rings is 1. The van der Waals surface area contributed by atoms with Gasteiger partial charge in [-0.25, -0.2) is 4.79 Å². The second-order valence-corrected chi connectivity index (χ2v) is 15.2. The van der Waals surface area contributed by atoms with Crippen molar-refractivity contribution in [3.63, 3.8) is 0 Å². The van der Waals surface area contributed by atoms with Gasteiger partial charge in [0.2, 0.25) is 5.78 Å². The molecule has 7 aliphatic rings. The number of allylic oxidation sites excluding steroid dienone is 4. The Kier molecular flexibility index (Phi) is 5.38. The monoisotopic (exact) mass is 573 g/mol. The maximum atomic E-state index is 14.3. The van der Waals surface area contributed by atoms with Crippen LogP contribution in [0.2, 0.25) is 0 Å². The average molecular weight is 574 g/mol. The van der Waals surface area contributed by atoms with Crippen LogP contribution in [0.15, 0.2) is 64.1 Å². The molecular weight excluding hydrogens is 534 g/mol. The predicted molar refractivity (Wildman–Crippen MR) is 155 cm³/mol. The molecule has 7 heteroatoms. The first-order valence-corrected chi connectivity index (χ1v) is 16.2. The van der Waals surface area contributed by atoms with Gasteiger partial charge < -0.3 is 19.2 Å². The van der Waals surface area contributed by atoms with Gasteiger partial charge in [0.05, 0.1) is 18.9 Å². The fraction of sp³-hybridized carbons (Fsp3) is 0.588. The number of hydrogen-bond acceptors (Lipinski definition) is 6. The summed E-state index contributed by atoms with van der Waals surface area (Å²) in [6.07, 6.45) is 14.9. The molecule has 41 heavy (non-hydrogen) atoms. The lowest BCUT2D eigenvalue weighted by molar-refractivity contribution is -0.164. The first-order valence-electron chi connectivity index (χ1n) is 15.4. The topological polar surface area (TPSA) is 80.0 Å². The Morgan fingerprint density at radius 3 is 2.66 bits per heavy atom. The number of aliphatic hydroxyl groups excluding tert-OH is 1. The molecule has 4 fully saturated rings. The SMILES string of the molecule is C[C@]12CC[C@H]3[C@]4(C=C[C@@]5(C=C4C(=O)c4ccco4)C[C@@H](O)CC[C@]35C)[C@@H]1CC[C@@]21CN(CCc2cccs2)C(=O)O1. The molecule has 9 rings (SSSR count). The largest absolute Gasteiger partial charge is 0.461 e. The summed E-state index contributed by atoms with van der Waals surface area (Å²) in [5.41, 5.74) is -0.784. The van der Waals surface area contributed by atoms with E-state index in [4.69, 9.17) is 9.15 Å². The van der Waals surface area contributed by atoms with Crippen LogP contribution < -0.4 is 0 Å². The van der Waals surface area contributed by atoms with Crippen LogP contribution >= 0.6 is 11.3 Å². The Labute approximate surface area is 245 Å². The molecule has 6 aliphatic carbocycles. The van der Waals surface area contributed by atoms with Crippen molar-refractivity contribution in [3.8, 4) is 0 Å². The van der Waals surface area contributed by atoms with Gasteiger partial charge in [-0.05, 0) is 92.2 Å². The van der Waals surface area contributed by atoms with E-state index in [0.29, 0.717) is 25.3 Å². The van der Waals surface area contributed by atoms with E-state index in [0.717, 1.165) is 50.5 Å². The Morgan fingerprint density at radius 2 is 1.88 bits per heavy atom. The van der Waals surface area contributed by atoms with Crippen LogP contribution in [0.3, 0.4) is 0 Å². The van der Waals surface area contributed by atoms with Gasteiger partial charge in [-0.15, -0.1) is 11.3 Å². The lowest BCUT2D eigenvalue weighted by Gasteiger charge is -2.71. The van der Waals surface area contributed by atoms with Gasteiger partial charge in [-0.3, -0.25) is 4.79 Å². The van der Waals surface area contributed by atoms with E-state index in [2.05, 4.69) is 49.6 Å². The van der Waals surface area contributed by atoms with Crippen LogP contribution in [-0.2, 0) is 11.2 Å². The summed E-state index contributed by atoms with van der Waals surface area (Å²) in [5, 5.41) is 12.9. The molecule has 2 bridgehead atoms. The summed E-state index contributed by atoms with van der Waals surface area (Å²) in [5.74, 6) is 0.803. The van der Waals surface area contributed by atoms with Gasteiger partial charge in [-0.2, -0.15) is 0 Å². The van der Waals surface area contributed by atoms with Crippen LogP contribution in [0.25, 0.3) is 0 Å². The van der Waals surface area contributed by atoms with Crippen LogP contribution in [-0.4, -0.2) is 46.7 Å². The van der Waals surface area contributed by atoms with Crippen molar-refractivity contribution in [2.24, 2.45) is 33.5 Å². The number of fused-ring (bicyclic) bond motifs is 2. The lowest BCUT2D eigenvalue weighted by atomic mass is 9.32. The first kappa shape index (κ1) is 26.0. The van der Waals surface area contributed by atoms with Crippen LogP contribution in [0.4, 0.5) is 4.79 Å². The summed E-state index contributed by atoms with van der Waals surface area (Å²) >= 11 is 1.73. The molecular formula is C34H39NO5S. The number of nitrogens with zero attached hydrogens (tertiary/aromatic N) is 1. The number of aliphatic hydroxyl groups is 1. The highest BCUT2D eigenvalue weighted by atomic mass is 32.1. The number of carbonyl (C=O) groups is 2. The standard InChI is InChI=1S/C34H39NO5S/c1-30-11-7-22(36)19-32(30)14-15-34(24(20-32)28(37)25-6-3-17-39-25)26(30)8-12-31(2)27(34)9-13-33(31)21-35(29(38)40-33)16-10-23-5-4-18-41-23/h3-6,14-15,17-18,20,22,26-27,36H,7-13,16,19,21H2,1-2H3/t22-,26+,27+,30+,31-,32-,33+,34+/m0/s1. The highest BCUT2D eigenvalue weighted by Gasteiger charge is 2.76. The quantitative estimate of drug-likeness (QED) is 0.314. The Balaban J connectivity index is 1.21. The van der Waals surface area contributed by atoms with E-state index in [1.54, 1.807) is 29.7 Å². The van der Waals surface area contributed by atoms with Gasteiger partial charge in [0.1, 0.15) is 5.60 Å². The summed E-state index contributed by atoms with van der Waals surface area (Å²) in [6.45, 7) is 6.05. The number of furan rings is 1. The molecule has 1 saturated heterocycles. The number of hydrogen-bond donors (Lipinski definition) is 1. The van der Waals surface area contributed by atoms with Crippen LogP contribution in [0.5, 0.6) is 0 Å². The van der Waals surface area contributed by atoms with Crippen LogP contribution in [0, 0.1) is 33.5 Å². The van der Waals surface area contributed by atoms with Crippen molar-refractivity contribution in [2.45, 2.75) is 76.9 Å². The minimum absolute atomic E-state index is 0.0305. The Bertz CT molecular complexity index is 1460. The molecule has 3 heterocycles. The van der Waals surface area contributed by atoms with Gasteiger partial charge in [0, 0.05) is 33.2 Å². The smallest absolute Gasteiger partial charge is 0.410 e. The van der Waals surface area contributed by atoms with Crippen molar-refractivity contribution in [2.75, 3.05) is 13.1 Å². The van der Waals surface area contributed by atoms with E-state index >= 15 is 0 Å². The normalized spacial score (nSPS) is 44.0. The number of rotatable bonds is 5. The third kappa shape index (κ3) is 3.17. The Morgan fingerprint density at radius 1 is 1.07 bits per heavy atom. The molecule has 3 spiro atoms. The molecule has 8 atom stereocenters. The Hall–Kier alpha value is -2.64. The van der Waals surface area contributed by atoms with Crippen molar-refractivity contribution in [1.82, 2.24) is 4.90 Å². The summed E-state index contributed by atoms with van der Waals surface area (Å²) < 4.78 is 12.2. The van der Waals surface area contributed by atoms with Crippen molar-refractivity contribution < 1.29 is 23.8 Å². The molecule has 0 aromatic carbocycles. The van der Waals surface area contributed by atoms with E-state index < -0.39 is 11.0 Å². The second kappa shape index (κ2) is 8.47. The number of carbonyl (C=O) groups excluding carboxylic acids is 2. The second-order valence-electron chi connectivity index (χ2n) is 14.2. The summed E-state index contributed by atoms with van der Waals surface area (Å²) in [4.78, 5) is 30.9. The molecule has 6 nitrogen and oxygen atoms in total. The zero-order valence-electron chi connectivity index (χ0n) is 23.9. The number of Topliss-reactive ketones (excluding diaryl/α,β-unsaturated/α-hetero) is 1. The van der Waals surface area contributed by atoms with E-state index in [1.807, 2.05) is 4.90 Å². The van der Waals surface area contributed by atoms with Crippen molar-refractivity contribution in [3.05, 3.63) is 70.3 Å². The zero-order valence-corrected chi connectivity index (χ0v) is 24.8. The fourth-order valence-corrected chi connectivity index (χ4v) is 11.5. The maximum absolute atomic E-state index is 14.3. The highest BCUT2D eigenvalue weighted by Crippen LogP contribution is 2.79. The minimum atomic E-state index is -0.549. The number of amides is 1. The molecule has 2 aromatic rings. The predicted octanol–water partition coefficient (Wildman–Crippen LogP) is 6.82. The zero-order chi connectivity index (χ0) is 28.3. The minimum Gasteiger partial charge on any atom is -0.461 e. The van der Waals surface area contributed by atoms with Crippen LogP contribution in [0.1, 0.15) is 74.2 Å². The van der Waals surface area contributed by atoms with Gasteiger partial charge in [0.25, 0.3) is 0 Å². The maximum Gasteiger partial charge on any atom is 0.410 e. The molecule has 216 valence electrons. The summed E-state index contributed by atoms with van der Waals surface area (Å²) in [7, 11) is 0. The van der Waals surface area contributed by atoms with E-state index in [-0.39, 0.29) is 46.1 Å². The molecule has 0 unspecified atom stereocenters. The molecule has 1 amide bonds. The van der Waals surface area contributed by atoms with E-state index in [9.17, 15) is 14.7 Å². The average Bonchev–Trinajstić information content (AvgIpc) is 3.76. The molecule has 1 N–H and O–H groups in total. The highest BCUT2D eigenvalue weighted by molar-refractivity contribution is 7.09. The lowest BCUT2D eigenvalue weighted by Crippen LogP contribution is -2.67. The van der Waals surface area contributed by atoms with Crippen molar-refractivity contribution >= 4 is 23.2 Å². The van der Waals surface area contributed by atoms with Crippen molar-refractivity contribution in [1.29, 1.82) is 0 Å². The fourth-order valence-electron chi connectivity index (χ4n) is 10.8.